The number of aliphatic hydroxyl groups is 1. The van der Waals surface area contributed by atoms with Gasteiger partial charge in [-0.15, -0.1) is 0 Å². The van der Waals surface area contributed by atoms with Crippen LogP contribution in [0.25, 0.3) is 0 Å². The molecule has 0 aliphatic rings. The first-order chi connectivity index (χ1) is 7.06. The van der Waals surface area contributed by atoms with Crippen LogP contribution in [0.15, 0.2) is 12.1 Å². The molecule has 3 nitrogen and oxygen atoms in total. The minimum absolute atomic E-state index is 0.0667. The van der Waals surface area contributed by atoms with E-state index in [0.29, 0.717) is 17.0 Å². The summed E-state index contributed by atoms with van der Waals surface area (Å²) in [6.45, 7) is 2.04. The predicted octanol–water partition coefficient (Wildman–Crippen LogP) is 2.85. The van der Waals surface area contributed by atoms with Gasteiger partial charge in [0.2, 0.25) is 0 Å². The quantitative estimate of drug-likeness (QED) is 0.549. The zero-order valence-electron chi connectivity index (χ0n) is 8.70. The van der Waals surface area contributed by atoms with Crippen molar-refractivity contribution in [1.29, 1.82) is 0 Å². The van der Waals surface area contributed by atoms with Crippen molar-refractivity contribution in [2.24, 2.45) is 0 Å². The molecular weight excluding hydrogens is 214 g/mol. The lowest BCUT2D eigenvalue weighted by Gasteiger charge is -2.13. The second kappa shape index (κ2) is 5.24. The molecule has 15 heavy (non-hydrogen) atoms. The Balaban J connectivity index is 2.92. The Labute approximate surface area is 94.5 Å². The van der Waals surface area contributed by atoms with Crippen molar-refractivity contribution in [3.8, 4) is 5.75 Å². The molecule has 0 spiro atoms. The largest absolute Gasteiger partial charge is 0.505 e. The molecule has 0 bridgehead atoms. The summed E-state index contributed by atoms with van der Waals surface area (Å²) in [7, 11) is 0. The molecule has 0 radical (unpaired) electrons. The van der Waals surface area contributed by atoms with Gasteiger partial charge in [0.15, 0.2) is 0 Å². The number of nitrogen functional groups attached to an aromatic ring is 1. The predicted molar refractivity (Wildman–Crippen MR) is 62.0 cm³/mol. The number of hydrogen-bond acceptors (Lipinski definition) is 3. The van der Waals surface area contributed by atoms with Crippen LogP contribution in [-0.2, 0) is 0 Å². The van der Waals surface area contributed by atoms with E-state index in [1.54, 1.807) is 6.07 Å². The second-order valence-corrected chi connectivity index (χ2v) is 4.03. The molecular formula is C11H16ClNO2. The molecule has 4 N–H and O–H groups in total. The number of aromatic hydroxyl groups is 1. The van der Waals surface area contributed by atoms with Gasteiger partial charge in [-0.3, -0.25) is 0 Å². The van der Waals surface area contributed by atoms with Gasteiger partial charge >= 0.3 is 0 Å². The highest BCUT2D eigenvalue weighted by Gasteiger charge is 2.14. The third-order valence-corrected chi connectivity index (χ3v) is 2.54. The lowest BCUT2D eigenvalue weighted by atomic mass is 10.0. The first-order valence-electron chi connectivity index (χ1n) is 5.02. The van der Waals surface area contributed by atoms with Gasteiger partial charge in [0.05, 0.1) is 11.8 Å². The molecule has 1 unspecified atom stereocenters. The van der Waals surface area contributed by atoms with E-state index >= 15 is 0 Å². The molecule has 1 atom stereocenters. The molecule has 0 saturated carbocycles. The van der Waals surface area contributed by atoms with E-state index in [-0.39, 0.29) is 11.4 Å². The minimum atomic E-state index is -0.703. The smallest absolute Gasteiger partial charge is 0.144 e. The third-order valence-electron chi connectivity index (χ3n) is 2.32. The summed E-state index contributed by atoms with van der Waals surface area (Å²) in [5.74, 6) is -0.0667. The molecule has 4 heteroatoms. The molecule has 84 valence electrons. The maximum absolute atomic E-state index is 9.81. The Bertz CT molecular complexity index is 342. The Morgan fingerprint density at radius 3 is 2.73 bits per heavy atom. The lowest BCUT2D eigenvalue weighted by Crippen LogP contribution is -2.00. The monoisotopic (exact) mass is 229 g/mol. The Morgan fingerprint density at radius 2 is 2.13 bits per heavy atom. The van der Waals surface area contributed by atoms with Crippen molar-refractivity contribution in [1.82, 2.24) is 0 Å². The zero-order chi connectivity index (χ0) is 11.4. The van der Waals surface area contributed by atoms with Crippen LogP contribution in [0.4, 0.5) is 5.69 Å². The van der Waals surface area contributed by atoms with Crippen molar-refractivity contribution in [2.75, 3.05) is 5.73 Å². The number of halogens is 1. The summed E-state index contributed by atoms with van der Waals surface area (Å²) >= 11 is 5.80. The number of hydrogen-bond donors (Lipinski definition) is 3. The van der Waals surface area contributed by atoms with Gasteiger partial charge in [-0.25, -0.2) is 0 Å². The number of unbranched alkanes of at least 4 members (excludes halogenated alkanes) is 1. The first kappa shape index (κ1) is 12.1. The van der Waals surface area contributed by atoms with Crippen molar-refractivity contribution in [2.45, 2.75) is 32.3 Å². The molecule has 0 aliphatic heterocycles. The topological polar surface area (TPSA) is 66.5 Å². The lowest BCUT2D eigenvalue weighted by molar-refractivity contribution is 0.161. The van der Waals surface area contributed by atoms with Gasteiger partial charge in [0.1, 0.15) is 5.75 Å². The molecule has 0 fully saturated rings. The number of phenolic OH excluding ortho intramolecular Hbond substituents is 1. The Kier molecular flexibility index (Phi) is 4.24. The molecule has 0 aromatic heterocycles. The number of aliphatic hydroxyl groups excluding tert-OH is 1. The van der Waals surface area contributed by atoms with E-state index < -0.39 is 6.10 Å². The van der Waals surface area contributed by atoms with Gasteiger partial charge in [-0.2, -0.15) is 0 Å². The highest BCUT2D eigenvalue weighted by molar-refractivity contribution is 6.31. The Morgan fingerprint density at radius 1 is 1.47 bits per heavy atom. The fraction of sp³-hybridized carbons (Fsp3) is 0.455. The standard InChI is InChI=1S/C11H16ClNO2/c1-2-3-4-10(14)8-5-7(12)6-9(13)11(8)15/h5-6,10,14-15H,2-4,13H2,1H3. The zero-order valence-corrected chi connectivity index (χ0v) is 9.46. The third kappa shape index (κ3) is 3.01. The van der Waals surface area contributed by atoms with E-state index in [4.69, 9.17) is 17.3 Å². The molecule has 0 amide bonds. The minimum Gasteiger partial charge on any atom is -0.505 e. The number of phenols is 1. The van der Waals surface area contributed by atoms with Crippen molar-refractivity contribution in [3.05, 3.63) is 22.7 Å². The summed E-state index contributed by atoms with van der Waals surface area (Å²) in [5, 5.41) is 19.9. The highest BCUT2D eigenvalue weighted by Crippen LogP contribution is 2.35. The van der Waals surface area contributed by atoms with Crippen LogP contribution >= 0.6 is 11.6 Å². The van der Waals surface area contributed by atoms with Crippen molar-refractivity contribution in [3.63, 3.8) is 0 Å². The van der Waals surface area contributed by atoms with Crippen LogP contribution in [-0.4, -0.2) is 10.2 Å². The van der Waals surface area contributed by atoms with E-state index in [1.807, 2.05) is 6.92 Å². The normalized spacial score (nSPS) is 12.7. The van der Waals surface area contributed by atoms with Crippen molar-refractivity contribution >= 4 is 17.3 Å². The molecule has 1 aromatic carbocycles. The van der Waals surface area contributed by atoms with E-state index in [1.165, 1.54) is 6.07 Å². The van der Waals surface area contributed by atoms with Crippen LogP contribution < -0.4 is 5.73 Å². The summed E-state index contributed by atoms with van der Waals surface area (Å²) in [6.07, 6.45) is 1.79. The number of benzene rings is 1. The van der Waals surface area contributed by atoms with E-state index in [0.717, 1.165) is 12.8 Å². The fourth-order valence-corrected chi connectivity index (χ4v) is 1.68. The first-order valence-corrected chi connectivity index (χ1v) is 5.40. The number of anilines is 1. The molecule has 1 rings (SSSR count). The summed E-state index contributed by atoms with van der Waals surface area (Å²) < 4.78 is 0. The molecule has 1 aromatic rings. The summed E-state index contributed by atoms with van der Waals surface area (Å²) in [5.41, 5.74) is 6.15. The summed E-state index contributed by atoms with van der Waals surface area (Å²) in [6, 6.07) is 3.01. The van der Waals surface area contributed by atoms with Gasteiger partial charge < -0.3 is 15.9 Å². The molecule has 0 saturated heterocycles. The van der Waals surface area contributed by atoms with Crippen LogP contribution in [0.1, 0.15) is 37.9 Å². The SMILES string of the molecule is CCCCC(O)c1cc(Cl)cc(N)c1O. The average Bonchev–Trinajstić information content (AvgIpc) is 2.19. The number of nitrogens with two attached hydrogens (primary N) is 1. The van der Waals surface area contributed by atoms with E-state index in [9.17, 15) is 10.2 Å². The molecule has 0 aliphatic carbocycles. The second-order valence-electron chi connectivity index (χ2n) is 3.59. The fourth-order valence-electron chi connectivity index (χ4n) is 1.45. The molecule has 0 heterocycles. The Hall–Kier alpha value is -0.930. The maximum Gasteiger partial charge on any atom is 0.144 e. The van der Waals surface area contributed by atoms with Gasteiger partial charge in [-0.05, 0) is 18.6 Å². The number of rotatable bonds is 4. The average molecular weight is 230 g/mol. The highest BCUT2D eigenvalue weighted by atomic mass is 35.5. The van der Waals surface area contributed by atoms with Gasteiger partial charge in [0.25, 0.3) is 0 Å². The van der Waals surface area contributed by atoms with Crippen LogP contribution in [0.3, 0.4) is 0 Å². The van der Waals surface area contributed by atoms with Crippen LogP contribution in [0, 0.1) is 0 Å². The van der Waals surface area contributed by atoms with Gasteiger partial charge in [-0.1, -0.05) is 31.4 Å². The van der Waals surface area contributed by atoms with E-state index in [2.05, 4.69) is 0 Å². The van der Waals surface area contributed by atoms with Gasteiger partial charge in [0, 0.05) is 10.6 Å². The van der Waals surface area contributed by atoms with Crippen molar-refractivity contribution < 1.29 is 10.2 Å². The van der Waals surface area contributed by atoms with Crippen LogP contribution in [0.5, 0.6) is 5.75 Å². The van der Waals surface area contributed by atoms with Crippen LogP contribution in [0.2, 0.25) is 5.02 Å². The maximum atomic E-state index is 9.81. The summed E-state index contributed by atoms with van der Waals surface area (Å²) in [4.78, 5) is 0.